The molecule has 0 aromatic heterocycles. The lowest BCUT2D eigenvalue weighted by molar-refractivity contribution is -0.151. The molecule has 1 N–H and O–H groups in total. The van der Waals surface area contributed by atoms with Crippen LogP contribution in [0, 0.1) is 0 Å². The number of Topliss-reactive ketones (excluding diaryl/α,β-unsaturated/α-hetero) is 1. The van der Waals surface area contributed by atoms with Crippen molar-refractivity contribution < 1.29 is 23.9 Å². The maximum absolute atomic E-state index is 12.3. The fourth-order valence-corrected chi connectivity index (χ4v) is 3.23. The van der Waals surface area contributed by atoms with Crippen molar-refractivity contribution >= 4 is 23.6 Å². The van der Waals surface area contributed by atoms with E-state index in [0.29, 0.717) is 5.56 Å². The number of nitrogens with zero attached hydrogens (tertiary/aromatic N) is 1. The van der Waals surface area contributed by atoms with Crippen molar-refractivity contribution in [2.45, 2.75) is 51.0 Å². The summed E-state index contributed by atoms with van der Waals surface area (Å²) in [6.45, 7) is -0.497. The molecule has 0 aliphatic heterocycles. The minimum atomic E-state index is -0.598. The number of amides is 2. The molecule has 28 heavy (non-hydrogen) atoms. The Hall–Kier alpha value is -2.70. The van der Waals surface area contributed by atoms with Gasteiger partial charge >= 0.3 is 5.97 Å². The summed E-state index contributed by atoms with van der Waals surface area (Å²) in [4.78, 5) is 49.0. The van der Waals surface area contributed by atoms with Gasteiger partial charge in [0.15, 0.2) is 12.4 Å². The number of hydrogen-bond donors (Lipinski definition) is 1. The molecule has 0 bridgehead atoms. The van der Waals surface area contributed by atoms with Crippen molar-refractivity contribution in [1.82, 2.24) is 10.2 Å². The van der Waals surface area contributed by atoms with Crippen LogP contribution in [0.2, 0.25) is 0 Å². The van der Waals surface area contributed by atoms with Crippen LogP contribution in [-0.2, 0) is 32.0 Å². The van der Waals surface area contributed by atoms with Gasteiger partial charge in [0, 0.05) is 25.1 Å². The van der Waals surface area contributed by atoms with E-state index >= 15 is 0 Å². The molecule has 2 aliphatic rings. The number of fused-ring (bicyclic) bond motifs is 1. The molecule has 2 amide bonds. The van der Waals surface area contributed by atoms with E-state index in [1.165, 1.54) is 23.1 Å². The molecular formula is C21H26N2O5. The number of aryl methyl sites for hydroxylation is 2. The van der Waals surface area contributed by atoms with Gasteiger partial charge in [-0.15, -0.1) is 0 Å². The number of esters is 1. The number of ketones is 1. The second kappa shape index (κ2) is 8.99. The first-order valence-corrected chi connectivity index (χ1v) is 9.76. The van der Waals surface area contributed by atoms with Crippen LogP contribution in [-0.4, -0.2) is 54.7 Å². The summed E-state index contributed by atoms with van der Waals surface area (Å²) < 4.78 is 4.95. The highest BCUT2D eigenvalue weighted by Gasteiger charge is 2.24. The molecule has 0 atom stereocenters. The molecule has 7 heteroatoms. The van der Waals surface area contributed by atoms with Crippen molar-refractivity contribution in [2.75, 3.05) is 20.2 Å². The molecule has 1 aromatic rings. The maximum Gasteiger partial charge on any atom is 0.306 e. The summed E-state index contributed by atoms with van der Waals surface area (Å²) in [5.74, 6) is -1.38. The number of nitrogens with one attached hydrogen (secondary N) is 1. The predicted molar refractivity (Wildman–Crippen MR) is 102 cm³/mol. The second-order valence-corrected chi connectivity index (χ2v) is 7.51. The fraction of sp³-hybridized carbons (Fsp3) is 0.524. The maximum atomic E-state index is 12.3. The Morgan fingerprint density at radius 1 is 1.11 bits per heavy atom. The highest BCUT2D eigenvalue weighted by atomic mass is 16.5. The van der Waals surface area contributed by atoms with Crippen molar-refractivity contribution in [2.24, 2.45) is 0 Å². The van der Waals surface area contributed by atoms with Gasteiger partial charge in [0.25, 0.3) is 5.91 Å². The Labute approximate surface area is 164 Å². The summed E-state index contributed by atoms with van der Waals surface area (Å²) in [5, 5.41) is 2.79. The lowest BCUT2D eigenvalue weighted by atomic mass is 10.0. The molecule has 1 saturated carbocycles. The molecule has 0 unspecified atom stereocenters. The van der Waals surface area contributed by atoms with Gasteiger partial charge in [-0.1, -0.05) is 12.1 Å². The molecule has 1 fully saturated rings. The van der Waals surface area contributed by atoms with E-state index in [0.717, 1.165) is 32.1 Å². The molecule has 0 spiro atoms. The van der Waals surface area contributed by atoms with Gasteiger partial charge in [-0.25, -0.2) is 0 Å². The van der Waals surface area contributed by atoms with Crippen LogP contribution < -0.4 is 5.32 Å². The first kappa shape index (κ1) is 20.0. The largest absolute Gasteiger partial charge is 0.456 e. The summed E-state index contributed by atoms with van der Waals surface area (Å²) in [6, 6.07) is 5.95. The van der Waals surface area contributed by atoms with Crippen molar-refractivity contribution in [3.05, 3.63) is 34.9 Å². The number of ether oxygens (including phenoxy) is 1. The molecule has 7 nitrogen and oxygen atoms in total. The molecule has 150 valence electrons. The minimum Gasteiger partial charge on any atom is -0.456 e. The standard InChI is InChI=1S/C21H26N2O5/c1-23(12-19(25)22-17-7-8-17)20(26)13-28-21(27)10-9-18(24)16-6-5-14-3-2-4-15(14)11-16/h5-6,11,17H,2-4,7-10,12-13H2,1H3,(H,22,25). The van der Waals surface area contributed by atoms with E-state index in [-0.39, 0.29) is 37.1 Å². The van der Waals surface area contributed by atoms with Gasteiger partial charge in [-0.2, -0.15) is 0 Å². The van der Waals surface area contributed by atoms with Gasteiger partial charge in [-0.05, 0) is 49.3 Å². The van der Waals surface area contributed by atoms with E-state index in [9.17, 15) is 19.2 Å². The van der Waals surface area contributed by atoms with Crippen LogP contribution in [0.3, 0.4) is 0 Å². The van der Waals surface area contributed by atoms with Crippen molar-refractivity contribution in [3.8, 4) is 0 Å². The Morgan fingerprint density at radius 2 is 1.86 bits per heavy atom. The smallest absolute Gasteiger partial charge is 0.306 e. The lowest BCUT2D eigenvalue weighted by Gasteiger charge is -2.16. The van der Waals surface area contributed by atoms with Gasteiger partial charge < -0.3 is 15.0 Å². The average molecular weight is 386 g/mol. The van der Waals surface area contributed by atoms with E-state index < -0.39 is 18.5 Å². The third kappa shape index (κ3) is 5.65. The highest BCUT2D eigenvalue weighted by molar-refractivity contribution is 5.98. The Bertz CT molecular complexity index is 785. The Balaban J connectivity index is 1.36. The quantitative estimate of drug-likeness (QED) is 0.512. The summed E-state index contributed by atoms with van der Waals surface area (Å²) >= 11 is 0. The molecule has 3 rings (SSSR count). The number of likely N-dealkylation sites (N-methyl/N-ethyl adjacent to an activating group) is 1. The minimum absolute atomic E-state index is 0.0471. The third-order valence-corrected chi connectivity index (χ3v) is 5.08. The van der Waals surface area contributed by atoms with Crippen LogP contribution in [0.1, 0.15) is 53.6 Å². The first-order chi connectivity index (χ1) is 13.4. The summed E-state index contributed by atoms with van der Waals surface area (Å²) in [7, 11) is 1.49. The molecule has 0 heterocycles. The normalized spacial score (nSPS) is 14.9. The van der Waals surface area contributed by atoms with E-state index in [2.05, 4.69) is 5.32 Å². The number of carbonyl (C=O) groups excluding carboxylic acids is 4. The van der Waals surface area contributed by atoms with Crippen LogP contribution in [0.15, 0.2) is 18.2 Å². The summed E-state index contributed by atoms with van der Waals surface area (Å²) in [6.07, 6.45) is 5.09. The SMILES string of the molecule is CN(CC(=O)NC1CC1)C(=O)COC(=O)CCC(=O)c1ccc2c(c1)CCC2. The van der Waals surface area contributed by atoms with E-state index in [1.807, 2.05) is 18.2 Å². The van der Waals surface area contributed by atoms with Crippen LogP contribution >= 0.6 is 0 Å². The molecular weight excluding hydrogens is 360 g/mol. The van der Waals surface area contributed by atoms with E-state index in [4.69, 9.17) is 4.74 Å². The van der Waals surface area contributed by atoms with Crippen LogP contribution in [0.4, 0.5) is 0 Å². The van der Waals surface area contributed by atoms with Gasteiger partial charge in [0.1, 0.15) is 0 Å². The molecule has 1 aromatic carbocycles. The van der Waals surface area contributed by atoms with Gasteiger partial charge in [0.05, 0.1) is 13.0 Å². The Morgan fingerprint density at radius 3 is 2.61 bits per heavy atom. The average Bonchev–Trinajstić information content (AvgIpc) is 3.35. The Kier molecular flexibility index (Phi) is 6.44. The lowest BCUT2D eigenvalue weighted by Crippen LogP contribution is -2.40. The fourth-order valence-electron chi connectivity index (χ4n) is 3.23. The second-order valence-electron chi connectivity index (χ2n) is 7.51. The number of carbonyl (C=O) groups is 4. The monoisotopic (exact) mass is 386 g/mol. The molecule has 0 radical (unpaired) electrons. The number of benzene rings is 1. The van der Waals surface area contributed by atoms with Crippen LogP contribution in [0.5, 0.6) is 0 Å². The topological polar surface area (TPSA) is 92.8 Å². The van der Waals surface area contributed by atoms with Crippen molar-refractivity contribution in [3.63, 3.8) is 0 Å². The zero-order valence-corrected chi connectivity index (χ0v) is 16.2. The van der Waals surface area contributed by atoms with Gasteiger partial charge in [-0.3, -0.25) is 19.2 Å². The van der Waals surface area contributed by atoms with Crippen LogP contribution in [0.25, 0.3) is 0 Å². The molecule has 0 saturated heterocycles. The van der Waals surface area contributed by atoms with E-state index in [1.54, 1.807) is 0 Å². The third-order valence-electron chi connectivity index (χ3n) is 5.08. The zero-order chi connectivity index (χ0) is 20.1. The predicted octanol–water partition coefficient (Wildman–Crippen LogP) is 1.42. The first-order valence-electron chi connectivity index (χ1n) is 9.76. The van der Waals surface area contributed by atoms with Crippen molar-refractivity contribution in [1.29, 1.82) is 0 Å². The van der Waals surface area contributed by atoms with Gasteiger partial charge in [0.2, 0.25) is 5.91 Å². The molecule has 2 aliphatic carbocycles. The number of rotatable bonds is 9. The summed E-state index contributed by atoms with van der Waals surface area (Å²) in [5.41, 5.74) is 3.13. The zero-order valence-electron chi connectivity index (χ0n) is 16.2. The highest BCUT2D eigenvalue weighted by Crippen LogP contribution is 2.23. The number of hydrogen-bond acceptors (Lipinski definition) is 5.